The average Bonchev–Trinajstić information content (AvgIpc) is 2.24. The van der Waals surface area contributed by atoms with Crippen molar-refractivity contribution in [2.24, 2.45) is 0 Å². The van der Waals surface area contributed by atoms with Crippen molar-refractivity contribution in [3.05, 3.63) is 23.8 Å². The highest BCUT2D eigenvalue weighted by molar-refractivity contribution is 5.85. The number of nitrogens with one attached hydrogen (secondary N) is 1. The Kier molecular flexibility index (Phi) is 4.19. The number of carboxylic acid groups (broad SMARTS) is 1. The van der Waals surface area contributed by atoms with Crippen LogP contribution in [0.5, 0.6) is 0 Å². The zero-order chi connectivity index (χ0) is 13.8. The van der Waals surface area contributed by atoms with E-state index in [1.807, 2.05) is 0 Å². The molecule has 18 heavy (non-hydrogen) atoms. The van der Waals surface area contributed by atoms with Gasteiger partial charge in [0.05, 0.1) is 6.54 Å². The van der Waals surface area contributed by atoms with Gasteiger partial charge in [-0.25, -0.2) is 19.6 Å². The summed E-state index contributed by atoms with van der Waals surface area (Å²) >= 11 is 0. The van der Waals surface area contributed by atoms with E-state index in [9.17, 15) is 9.59 Å². The van der Waals surface area contributed by atoms with Gasteiger partial charge in [0.25, 0.3) is 0 Å². The van der Waals surface area contributed by atoms with Gasteiger partial charge in [-0.1, -0.05) is 0 Å². The van der Waals surface area contributed by atoms with Gasteiger partial charge in [0.1, 0.15) is 11.4 Å². The van der Waals surface area contributed by atoms with Gasteiger partial charge in [-0.15, -0.1) is 0 Å². The van der Waals surface area contributed by atoms with E-state index in [4.69, 9.17) is 9.84 Å². The van der Waals surface area contributed by atoms with Crippen molar-refractivity contribution in [3.8, 4) is 0 Å². The number of nitrogens with zero attached hydrogens (tertiary/aromatic N) is 2. The van der Waals surface area contributed by atoms with Crippen LogP contribution in [0.1, 0.15) is 37.1 Å². The molecule has 0 saturated carbocycles. The average molecular weight is 253 g/mol. The van der Waals surface area contributed by atoms with Gasteiger partial charge < -0.3 is 15.2 Å². The second-order valence-corrected chi connectivity index (χ2v) is 4.52. The Balaban J connectivity index is 2.56. The molecule has 1 heterocycles. The number of carbonyl (C=O) groups excluding carboxylic acids is 1. The Bertz CT molecular complexity index is 454. The largest absolute Gasteiger partial charge is 0.477 e. The number of ether oxygens (including phenoxy) is 1. The molecule has 0 aromatic carbocycles. The number of carboxylic acids is 1. The van der Waals surface area contributed by atoms with Gasteiger partial charge in [0, 0.05) is 6.20 Å². The van der Waals surface area contributed by atoms with Crippen LogP contribution < -0.4 is 5.32 Å². The van der Waals surface area contributed by atoms with Gasteiger partial charge in [-0.2, -0.15) is 0 Å². The number of aromatic nitrogens is 2. The van der Waals surface area contributed by atoms with Crippen molar-refractivity contribution < 1.29 is 19.4 Å². The molecule has 1 aromatic heterocycles. The quantitative estimate of drug-likeness (QED) is 0.839. The molecule has 0 fully saturated rings. The van der Waals surface area contributed by atoms with Gasteiger partial charge in [-0.05, 0) is 26.8 Å². The molecule has 0 aliphatic carbocycles. The third-order valence-corrected chi connectivity index (χ3v) is 1.71. The van der Waals surface area contributed by atoms with Crippen molar-refractivity contribution in [2.75, 3.05) is 0 Å². The molecule has 0 aliphatic heterocycles. The van der Waals surface area contributed by atoms with Crippen molar-refractivity contribution in [1.29, 1.82) is 0 Å². The molecular weight excluding hydrogens is 238 g/mol. The summed E-state index contributed by atoms with van der Waals surface area (Å²) in [5.74, 6) is -0.934. The number of aromatic carboxylic acids is 1. The first kappa shape index (κ1) is 13.9. The van der Waals surface area contributed by atoms with E-state index >= 15 is 0 Å². The maximum absolute atomic E-state index is 11.3. The summed E-state index contributed by atoms with van der Waals surface area (Å²) < 4.78 is 5.02. The molecule has 0 aliphatic rings. The first-order chi connectivity index (χ1) is 8.28. The number of carbonyl (C=O) groups is 2. The smallest absolute Gasteiger partial charge is 0.408 e. The number of amides is 1. The van der Waals surface area contributed by atoms with E-state index in [1.54, 1.807) is 20.8 Å². The van der Waals surface area contributed by atoms with E-state index in [-0.39, 0.29) is 18.1 Å². The fourth-order valence-electron chi connectivity index (χ4n) is 1.07. The molecule has 98 valence electrons. The first-order valence-electron chi connectivity index (χ1n) is 5.30. The van der Waals surface area contributed by atoms with Gasteiger partial charge >= 0.3 is 12.1 Å². The number of hydrogen-bond acceptors (Lipinski definition) is 5. The Labute approximate surface area is 104 Å². The molecule has 1 amide bonds. The Morgan fingerprint density at radius 1 is 1.44 bits per heavy atom. The molecule has 0 radical (unpaired) electrons. The molecule has 7 nitrogen and oxygen atoms in total. The minimum atomic E-state index is -1.14. The topological polar surface area (TPSA) is 101 Å². The SMILES string of the molecule is CC(C)(C)OC(=O)NCc1nccc(C(=O)O)n1. The molecule has 0 spiro atoms. The van der Waals surface area contributed by atoms with E-state index in [2.05, 4.69) is 15.3 Å². The normalized spacial score (nSPS) is 10.8. The monoisotopic (exact) mass is 253 g/mol. The summed E-state index contributed by atoms with van der Waals surface area (Å²) in [7, 11) is 0. The Morgan fingerprint density at radius 3 is 2.67 bits per heavy atom. The fraction of sp³-hybridized carbons (Fsp3) is 0.455. The summed E-state index contributed by atoms with van der Waals surface area (Å²) in [5.41, 5.74) is -0.709. The van der Waals surface area contributed by atoms with Crippen LogP contribution >= 0.6 is 0 Å². The highest BCUT2D eigenvalue weighted by Crippen LogP contribution is 2.06. The highest BCUT2D eigenvalue weighted by Gasteiger charge is 2.16. The van der Waals surface area contributed by atoms with Gasteiger partial charge in [-0.3, -0.25) is 0 Å². The van der Waals surface area contributed by atoms with Crippen LogP contribution in [0.25, 0.3) is 0 Å². The zero-order valence-corrected chi connectivity index (χ0v) is 10.4. The molecule has 1 aromatic rings. The summed E-state index contributed by atoms with van der Waals surface area (Å²) in [6.07, 6.45) is 0.717. The molecule has 0 unspecified atom stereocenters. The van der Waals surface area contributed by atoms with E-state index < -0.39 is 17.7 Å². The summed E-state index contributed by atoms with van der Waals surface area (Å²) in [6.45, 7) is 5.24. The van der Waals surface area contributed by atoms with Gasteiger partial charge in [0.2, 0.25) is 0 Å². The molecule has 0 bridgehead atoms. The van der Waals surface area contributed by atoms with Crippen molar-refractivity contribution in [2.45, 2.75) is 32.9 Å². The van der Waals surface area contributed by atoms with E-state index in [0.29, 0.717) is 0 Å². The lowest BCUT2D eigenvalue weighted by Gasteiger charge is -2.19. The lowest BCUT2D eigenvalue weighted by molar-refractivity contribution is 0.0522. The third-order valence-electron chi connectivity index (χ3n) is 1.71. The summed E-state index contributed by atoms with van der Waals surface area (Å²) in [5, 5.41) is 11.2. The lowest BCUT2D eigenvalue weighted by atomic mass is 10.2. The molecule has 1 rings (SSSR count). The maximum atomic E-state index is 11.3. The molecular formula is C11H15N3O4. The number of alkyl carbamates (subject to hydrolysis) is 1. The highest BCUT2D eigenvalue weighted by atomic mass is 16.6. The van der Waals surface area contributed by atoms with E-state index in [0.717, 1.165) is 0 Å². The van der Waals surface area contributed by atoms with Crippen LogP contribution in [0.3, 0.4) is 0 Å². The van der Waals surface area contributed by atoms with Crippen LogP contribution in [0.15, 0.2) is 12.3 Å². The van der Waals surface area contributed by atoms with E-state index in [1.165, 1.54) is 12.3 Å². The van der Waals surface area contributed by atoms with Crippen LogP contribution in [-0.2, 0) is 11.3 Å². The van der Waals surface area contributed by atoms with Crippen LogP contribution in [0.2, 0.25) is 0 Å². The minimum absolute atomic E-state index is 0.00995. The predicted molar refractivity (Wildman–Crippen MR) is 62.1 cm³/mol. The van der Waals surface area contributed by atoms with Crippen LogP contribution in [-0.4, -0.2) is 32.7 Å². The lowest BCUT2D eigenvalue weighted by Crippen LogP contribution is -2.32. The number of hydrogen-bond donors (Lipinski definition) is 2. The van der Waals surface area contributed by atoms with Crippen molar-refractivity contribution in [3.63, 3.8) is 0 Å². The Morgan fingerprint density at radius 2 is 2.11 bits per heavy atom. The standard InChI is InChI=1S/C11H15N3O4/c1-11(2,3)18-10(17)13-6-8-12-5-4-7(14-8)9(15)16/h4-5H,6H2,1-3H3,(H,13,17)(H,15,16). The van der Waals surface area contributed by atoms with Crippen molar-refractivity contribution in [1.82, 2.24) is 15.3 Å². The molecule has 2 N–H and O–H groups in total. The van der Waals surface area contributed by atoms with Crippen LogP contribution in [0.4, 0.5) is 4.79 Å². The Hall–Kier alpha value is -2.18. The van der Waals surface area contributed by atoms with Crippen molar-refractivity contribution >= 4 is 12.1 Å². The minimum Gasteiger partial charge on any atom is -0.477 e. The second kappa shape index (κ2) is 5.44. The first-order valence-corrected chi connectivity index (χ1v) is 5.30. The summed E-state index contributed by atoms with van der Waals surface area (Å²) in [6, 6.07) is 1.28. The van der Waals surface area contributed by atoms with Gasteiger partial charge in [0.15, 0.2) is 5.69 Å². The number of rotatable bonds is 3. The zero-order valence-electron chi connectivity index (χ0n) is 10.4. The maximum Gasteiger partial charge on any atom is 0.408 e. The fourth-order valence-corrected chi connectivity index (χ4v) is 1.07. The predicted octanol–water partition coefficient (Wildman–Crippen LogP) is 1.20. The molecule has 7 heteroatoms. The summed E-state index contributed by atoms with van der Waals surface area (Å²) in [4.78, 5) is 29.6. The molecule has 0 atom stereocenters. The second-order valence-electron chi connectivity index (χ2n) is 4.52. The molecule has 0 saturated heterocycles. The third kappa shape index (κ3) is 4.77. The van der Waals surface area contributed by atoms with Crippen LogP contribution in [0, 0.1) is 0 Å².